The number of imide groups is 1. The Kier molecular flexibility index (Phi) is 7.51. The Morgan fingerprint density at radius 1 is 1.18 bits per heavy atom. The number of aliphatic carboxylic acids is 1. The number of nitrogens with zero attached hydrogens (tertiary/aromatic N) is 2. The van der Waals surface area contributed by atoms with Gasteiger partial charge in [0, 0.05) is 19.4 Å². The predicted octanol–water partition coefficient (Wildman–Crippen LogP) is 0.203. The summed E-state index contributed by atoms with van der Waals surface area (Å²) in [5.74, 6) is -1.83. The quantitative estimate of drug-likeness (QED) is 0.287. The SMILES string of the molecule is NC(=NCCCC(N)C(=O)O)N1C(=O)CCCCCCC1=O. The van der Waals surface area contributed by atoms with Crippen molar-refractivity contribution >= 4 is 23.7 Å². The first-order chi connectivity index (χ1) is 10.4. The molecule has 8 heteroatoms. The van der Waals surface area contributed by atoms with Crippen LogP contribution in [0.5, 0.6) is 0 Å². The van der Waals surface area contributed by atoms with Gasteiger partial charge in [-0.15, -0.1) is 0 Å². The average molecular weight is 312 g/mol. The van der Waals surface area contributed by atoms with Crippen molar-refractivity contribution in [1.29, 1.82) is 0 Å². The third kappa shape index (κ3) is 5.80. The maximum Gasteiger partial charge on any atom is 0.320 e. The number of amides is 2. The minimum atomic E-state index is -1.07. The number of hydrogen-bond donors (Lipinski definition) is 3. The van der Waals surface area contributed by atoms with E-state index in [1.807, 2.05) is 0 Å². The highest BCUT2D eigenvalue weighted by atomic mass is 16.4. The highest BCUT2D eigenvalue weighted by molar-refractivity contribution is 6.11. The monoisotopic (exact) mass is 312 g/mol. The van der Waals surface area contributed by atoms with Gasteiger partial charge in [0.1, 0.15) is 6.04 Å². The number of hydrogen-bond acceptors (Lipinski definition) is 5. The van der Waals surface area contributed by atoms with Gasteiger partial charge in [-0.1, -0.05) is 12.8 Å². The van der Waals surface area contributed by atoms with Gasteiger partial charge in [-0.25, -0.2) is 4.90 Å². The van der Waals surface area contributed by atoms with Crippen LogP contribution in [-0.2, 0) is 14.4 Å². The molecule has 0 radical (unpaired) electrons. The van der Waals surface area contributed by atoms with E-state index in [1.54, 1.807) is 0 Å². The molecule has 2 amide bonds. The molecular formula is C14H24N4O4. The molecule has 0 saturated carbocycles. The molecule has 0 aromatic heterocycles. The van der Waals surface area contributed by atoms with Gasteiger partial charge in [0.05, 0.1) is 0 Å². The first kappa shape index (κ1) is 18.1. The first-order valence-corrected chi connectivity index (χ1v) is 7.57. The van der Waals surface area contributed by atoms with Gasteiger partial charge in [0.15, 0.2) is 0 Å². The molecular weight excluding hydrogens is 288 g/mol. The van der Waals surface area contributed by atoms with Crippen molar-refractivity contribution in [1.82, 2.24) is 4.90 Å². The smallest absolute Gasteiger partial charge is 0.320 e. The molecule has 1 rings (SSSR count). The maximum atomic E-state index is 12.0. The maximum absolute atomic E-state index is 12.0. The van der Waals surface area contributed by atoms with Crippen LogP contribution in [-0.4, -0.2) is 46.3 Å². The Bertz CT molecular complexity index is 430. The van der Waals surface area contributed by atoms with Gasteiger partial charge in [-0.3, -0.25) is 19.4 Å². The summed E-state index contributed by atoms with van der Waals surface area (Å²) in [7, 11) is 0. The van der Waals surface area contributed by atoms with Gasteiger partial charge >= 0.3 is 5.97 Å². The summed E-state index contributed by atoms with van der Waals surface area (Å²) in [4.78, 5) is 39.7. The second-order valence-electron chi connectivity index (χ2n) is 5.36. The fourth-order valence-electron chi connectivity index (χ4n) is 2.22. The number of nitrogens with two attached hydrogens (primary N) is 2. The highest BCUT2D eigenvalue weighted by Gasteiger charge is 2.25. The third-order valence-electron chi connectivity index (χ3n) is 3.52. The topological polar surface area (TPSA) is 139 Å². The fraction of sp³-hybridized carbons (Fsp3) is 0.714. The minimum Gasteiger partial charge on any atom is -0.480 e. The Hall–Kier alpha value is -1.96. The third-order valence-corrected chi connectivity index (χ3v) is 3.52. The Morgan fingerprint density at radius 3 is 2.23 bits per heavy atom. The van der Waals surface area contributed by atoms with Crippen molar-refractivity contribution < 1.29 is 19.5 Å². The average Bonchev–Trinajstić information content (AvgIpc) is 2.53. The van der Waals surface area contributed by atoms with E-state index in [0.29, 0.717) is 6.42 Å². The van der Waals surface area contributed by atoms with Gasteiger partial charge in [0.2, 0.25) is 17.8 Å². The van der Waals surface area contributed by atoms with Crippen molar-refractivity contribution in [3.8, 4) is 0 Å². The van der Waals surface area contributed by atoms with Crippen LogP contribution in [0.2, 0.25) is 0 Å². The molecule has 0 bridgehead atoms. The molecule has 1 aliphatic rings. The second-order valence-corrected chi connectivity index (χ2v) is 5.36. The normalized spacial score (nSPS) is 19.3. The van der Waals surface area contributed by atoms with Gasteiger partial charge in [-0.05, 0) is 25.7 Å². The van der Waals surface area contributed by atoms with Gasteiger partial charge < -0.3 is 16.6 Å². The molecule has 0 aliphatic carbocycles. The van der Waals surface area contributed by atoms with Crippen LogP contribution in [0.25, 0.3) is 0 Å². The lowest BCUT2D eigenvalue weighted by molar-refractivity contribution is -0.140. The van der Waals surface area contributed by atoms with Crippen LogP contribution in [0.15, 0.2) is 4.99 Å². The Labute approximate surface area is 129 Å². The zero-order valence-corrected chi connectivity index (χ0v) is 12.7. The number of carboxylic acids is 1. The van der Waals surface area contributed by atoms with Crippen LogP contribution in [0, 0.1) is 0 Å². The van der Waals surface area contributed by atoms with E-state index in [4.69, 9.17) is 16.6 Å². The first-order valence-electron chi connectivity index (χ1n) is 7.57. The zero-order valence-electron chi connectivity index (χ0n) is 12.7. The summed E-state index contributed by atoms with van der Waals surface area (Å²) in [6, 6.07) is -0.940. The van der Waals surface area contributed by atoms with Crippen LogP contribution in [0.4, 0.5) is 0 Å². The van der Waals surface area contributed by atoms with Crippen molar-refractivity contribution in [3.63, 3.8) is 0 Å². The number of rotatable bonds is 5. The largest absolute Gasteiger partial charge is 0.480 e. The van der Waals surface area contributed by atoms with E-state index in [-0.39, 0.29) is 43.6 Å². The van der Waals surface area contributed by atoms with Crippen molar-refractivity contribution in [2.45, 2.75) is 57.4 Å². The second kappa shape index (κ2) is 9.14. The van der Waals surface area contributed by atoms with Crippen LogP contribution >= 0.6 is 0 Å². The molecule has 0 aromatic carbocycles. The van der Waals surface area contributed by atoms with Gasteiger partial charge in [0.25, 0.3) is 0 Å². The molecule has 1 aliphatic heterocycles. The number of guanidine groups is 1. The number of carbonyl (C=O) groups excluding carboxylic acids is 2. The summed E-state index contributed by atoms with van der Waals surface area (Å²) in [5, 5.41) is 8.67. The Morgan fingerprint density at radius 2 is 1.73 bits per heavy atom. The Balaban J connectivity index is 2.60. The summed E-state index contributed by atoms with van der Waals surface area (Å²) < 4.78 is 0. The van der Waals surface area contributed by atoms with E-state index >= 15 is 0 Å². The van der Waals surface area contributed by atoms with Crippen molar-refractivity contribution in [3.05, 3.63) is 0 Å². The molecule has 0 spiro atoms. The van der Waals surface area contributed by atoms with Gasteiger partial charge in [-0.2, -0.15) is 0 Å². The van der Waals surface area contributed by atoms with Crippen LogP contribution in [0.3, 0.4) is 0 Å². The van der Waals surface area contributed by atoms with Crippen molar-refractivity contribution in [2.75, 3.05) is 6.54 Å². The molecule has 1 unspecified atom stereocenters. The number of carboxylic acid groups (broad SMARTS) is 1. The fourth-order valence-corrected chi connectivity index (χ4v) is 2.22. The van der Waals surface area contributed by atoms with E-state index < -0.39 is 12.0 Å². The minimum absolute atomic E-state index is 0.110. The standard InChI is InChI=1S/C14H24N4O4/c15-10(13(21)22)6-5-9-17-14(16)18-11(19)7-3-1-2-4-8-12(18)20/h10H,1-9,15H2,(H2,16,17)(H,21,22). The summed E-state index contributed by atoms with van der Waals surface area (Å²) in [6.45, 7) is 0.226. The van der Waals surface area contributed by atoms with E-state index in [1.165, 1.54) is 0 Å². The lowest BCUT2D eigenvalue weighted by atomic mass is 10.1. The highest BCUT2D eigenvalue weighted by Crippen LogP contribution is 2.13. The summed E-state index contributed by atoms with van der Waals surface area (Å²) >= 11 is 0. The molecule has 1 atom stereocenters. The zero-order chi connectivity index (χ0) is 16.5. The molecule has 1 fully saturated rings. The molecule has 124 valence electrons. The molecule has 8 nitrogen and oxygen atoms in total. The molecule has 22 heavy (non-hydrogen) atoms. The molecule has 5 N–H and O–H groups in total. The number of carbonyl (C=O) groups is 3. The van der Waals surface area contributed by atoms with E-state index in [2.05, 4.69) is 4.99 Å². The number of aliphatic imine (C=N–C) groups is 1. The van der Waals surface area contributed by atoms with Crippen LogP contribution < -0.4 is 11.5 Å². The van der Waals surface area contributed by atoms with Crippen molar-refractivity contribution in [2.24, 2.45) is 16.5 Å². The van der Waals surface area contributed by atoms with E-state index in [9.17, 15) is 14.4 Å². The van der Waals surface area contributed by atoms with E-state index in [0.717, 1.165) is 30.6 Å². The predicted molar refractivity (Wildman–Crippen MR) is 80.9 cm³/mol. The van der Waals surface area contributed by atoms with Crippen LogP contribution in [0.1, 0.15) is 51.4 Å². The molecule has 1 saturated heterocycles. The lowest BCUT2D eigenvalue weighted by Gasteiger charge is -2.19. The molecule has 1 heterocycles. The lowest BCUT2D eigenvalue weighted by Crippen LogP contribution is -2.46. The summed E-state index contributed by atoms with van der Waals surface area (Å²) in [5.41, 5.74) is 11.1. The molecule has 0 aromatic rings. The summed E-state index contributed by atoms with van der Waals surface area (Å²) in [6.07, 6.45) is 4.58.